The van der Waals surface area contributed by atoms with Crippen LogP contribution in [0.25, 0.3) is 0 Å². The van der Waals surface area contributed by atoms with Crippen molar-refractivity contribution in [3.63, 3.8) is 0 Å². The van der Waals surface area contributed by atoms with Gasteiger partial charge >= 0.3 is 17.9 Å². The molecule has 10 nitrogen and oxygen atoms in total. The Labute approximate surface area is 126 Å². The minimum atomic E-state index is -2.74. The maximum Gasteiger partial charge on any atom is 0.336 e. The van der Waals surface area contributed by atoms with E-state index < -0.39 is 36.4 Å². The van der Waals surface area contributed by atoms with E-state index in [0.717, 1.165) is 0 Å². The van der Waals surface area contributed by atoms with E-state index in [4.69, 9.17) is 35.7 Å². The van der Waals surface area contributed by atoms with Crippen LogP contribution in [0.15, 0.2) is 0 Å². The molecule has 0 aromatic heterocycles. The third-order valence-electron chi connectivity index (χ3n) is 2.57. The van der Waals surface area contributed by atoms with E-state index in [1.54, 1.807) is 0 Å². The average molecular weight is 326 g/mol. The summed E-state index contributed by atoms with van der Waals surface area (Å²) < 4.78 is 0. The molecule has 0 bridgehead atoms. The molecule has 130 valence electrons. The van der Waals surface area contributed by atoms with Gasteiger partial charge in [0.05, 0.1) is 12.8 Å². The number of aliphatic carboxylic acids is 3. The molecule has 0 aromatic carbocycles. The number of hydrogen-bond acceptors (Lipinski definition) is 7. The van der Waals surface area contributed by atoms with Crippen molar-refractivity contribution in [2.45, 2.75) is 31.3 Å². The second-order valence-electron chi connectivity index (χ2n) is 4.57. The lowest BCUT2D eigenvalue weighted by molar-refractivity contribution is -0.170. The lowest BCUT2D eigenvalue weighted by Gasteiger charge is -2.18. The topological polar surface area (TPSA) is 193 Å². The fourth-order valence-electron chi connectivity index (χ4n) is 1.33. The zero-order chi connectivity index (χ0) is 17.8. The van der Waals surface area contributed by atoms with E-state index in [9.17, 15) is 14.4 Å². The zero-order valence-corrected chi connectivity index (χ0v) is 11.9. The predicted octanol–water partition coefficient (Wildman–Crippen LogP) is -1.89. The van der Waals surface area contributed by atoms with Crippen molar-refractivity contribution in [3.05, 3.63) is 0 Å². The fraction of sp³-hybridized carbons (Fsp3) is 0.750. The largest absolute Gasteiger partial charge is 0.481 e. The van der Waals surface area contributed by atoms with Gasteiger partial charge in [0.25, 0.3) is 0 Å². The average Bonchev–Trinajstić information content (AvgIpc) is 2.38. The monoisotopic (exact) mass is 326 g/mol. The molecule has 0 aromatic rings. The Balaban J connectivity index is 0. The fourth-order valence-corrected chi connectivity index (χ4v) is 1.33. The van der Waals surface area contributed by atoms with Crippen LogP contribution in [0.5, 0.6) is 0 Å². The van der Waals surface area contributed by atoms with Gasteiger partial charge in [0.2, 0.25) is 0 Å². The highest BCUT2D eigenvalue weighted by atomic mass is 16.4. The van der Waals surface area contributed by atoms with E-state index in [-0.39, 0.29) is 25.7 Å². The Morgan fingerprint density at radius 3 is 1.50 bits per heavy atom. The van der Waals surface area contributed by atoms with Gasteiger partial charge in [-0.25, -0.2) is 4.79 Å². The van der Waals surface area contributed by atoms with Crippen molar-refractivity contribution >= 4 is 17.9 Å². The molecule has 0 fully saturated rings. The SMILES string of the molecule is O=C(O)CC(O)(CC(=O)O)C(=O)O.OCCCC(CO)CO. The highest BCUT2D eigenvalue weighted by Crippen LogP contribution is 2.15. The first-order chi connectivity index (χ1) is 10.1. The minimum absolute atomic E-state index is 0.0104. The number of aliphatic hydroxyl groups excluding tert-OH is 3. The molecule has 0 saturated carbocycles. The number of hydrogen-bond donors (Lipinski definition) is 7. The Hall–Kier alpha value is -1.75. The van der Waals surface area contributed by atoms with E-state index in [1.165, 1.54) is 0 Å². The van der Waals surface area contributed by atoms with Gasteiger partial charge < -0.3 is 35.7 Å². The third-order valence-corrected chi connectivity index (χ3v) is 2.57. The van der Waals surface area contributed by atoms with Crippen molar-refractivity contribution in [2.75, 3.05) is 19.8 Å². The Bertz CT molecular complexity index is 334. The third kappa shape index (κ3) is 11.0. The molecule has 0 amide bonds. The Kier molecular flexibility index (Phi) is 12.1. The Morgan fingerprint density at radius 2 is 1.27 bits per heavy atom. The first kappa shape index (κ1) is 22.5. The lowest BCUT2D eigenvalue weighted by Crippen LogP contribution is -2.42. The van der Waals surface area contributed by atoms with Crippen molar-refractivity contribution in [3.8, 4) is 0 Å². The number of carboxylic acid groups (broad SMARTS) is 3. The molecule has 0 radical (unpaired) electrons. The minimum Gasteiger partial charge on any atom is -0.481 e. The molecule has 0 aliphatic heterocycles. The van der Waals surface area contributed by atoms with E-state index in [0.29, 0.717) is 12.8 Å². The smallest absolute Gasteiger partial charge is 0.336 e. The first-order valence-electron chi connectivity index (χ1n) is 6.34. The van der Waals surface area contributed by atoms with E-state index in [1.807, 2.05) is 0 Å². The number of rotatable bonds is 10. The van der Waals surface area contributed by atoms with Crippen LogP contribution >= 0.6 is 0 Å². The second-order valence-corrected chi connectivity index (χ2v) is 4.57. The maximum atomic E-state index is 10.3. The van der Waals surface area contributed by atoms with Crippen molar-refractivity contribution in [1.82, 2.24) is 0 Å². The highest BCUT2D eigenvalue weighted by molar-refractivity contribution is 5.88. The number of carbonyl (C=O) groups is 3. The van der Waals surface area contributed by atoms with Gasteiger partial charge in [-0.3, -0.25) is 9.59 Å². The second kappa shape index (κ2) is 11.9. The molecule has 22 heavy (non-hydrogen) atoms. The summed E-state index contributed by atoms with van der Waals surface area (Å²) >= 11 is 0. The summed E-state index contributed by atoms with van der Waals surface area (Å²) in [6, 6.07) is 0. The maximum absolute atomic E-state index is 10.3. The quantitative estimate of drug-likeness (QED) is 0.238. The van der Waals surface area contributed by atoms with Crippen molar-refractivity contribution < 1.29 is 50.1 Å². The molecular formula is C12H22O10. The summed E-state index contributed by atoms with van der Waals surface area (Å²) in [5.41, 5.74) is -2.74. The predicted molar refractivity (Wildman–Crippen MR) is 71.1 cm³/mol. The molecule has 0 aliphatic rings. The molecule has 0 heterocycles. The molecule has 0 atom stereocenters. The van der Waals surface area contributed by atoms with Crippen molar-refractivity contribution in [1.29, 1.82) is 0 Å². The Morgan fingerprint density at radius 1 is 0.864 bits per heavy atom. The van der Waals surface area contributed by atoms with Gasteiger partial charge in [-0.15, -0.1) is 0 Å². The number of carboxylic acids is 3. The summed E-state index contributed by atoms with van der Waals surface area (Å²) in [7, 11) is 0. The molecule has 0 unspecified atom stereocenters. The van der Waals surface area contributed by atoms with Gasteiger partial charge in [-0.1, -0.05) is 0 Å². The normalized spacial score (nSPS) is 10.8. The summed E-state index contributed by atoms with van der Waals surface area (Å²) in [6.45, 7) is 0.156. The molecular weight excluding hydrogens is 304 g/mol. The van der Waals surface area contributed by atoms with Crippen LogP contribution in [-0.4, -0.2) is 79.1 Å². The lowest BCUT2D eigenvalue weighted by atomic mass is 9.96. The van der Waals surface area contributed by atoms with Gasteiger partial charge in [-0.2, -0.15) is 0 Å². The van der Waals surface area contributed by atoms with E-state index in [2.05, 4.69) is 0 Å². The van der Waals surface area contributed by atoms with Gasteiger partial charge in [0.15, 0.2) is 5.60 Å². The molecule has 0 rings (SSSR count). The summed E-state index contributed by atoms with van der Waals surface area (Å²) in [4.78, 5) is 30.5. The van der Waals surface area contributed by atoms with Crippen LogP contribution in [0.3, 0.4) is 0 Å². The van der Waals surface area contributed by atoms with Crippen LogP contribution in [0, 0.1) is 5.92 Å². The van der Waals surface area contributed by atoms with Gasteiger partial charge in [0.1, 0.15) is 0 Å². The van der Waals surface area contributed by atoms with Gasteiger partial charge in [-0.05, 0) is 12.8 Å². The molecule has 0 aliphatic carbocycles. The number of aliphatic hydroxyl groups is 4. The van der Waals surface area contributed by atoms with Crippen LogP contribution in [0.1, 0.15) is 25.7 Å². The summed E-state index contributed by atoms with van der Waals surface area (Å²) in [5.74, 6) is -5.06. The van der Waals surface area contributed by atoms with Crippen LogP contribution in [0.2, 0.25) is 0 Å². The molecule has 0 spiro atoms. The van der Waals surface area contributed by atoms with Crippen LogP contribution in [0.4, 0.5) is 0 Å². The van der Waals surface area contributed by atoms with Crippen LogP contribution in [-0.2, 0) is 14.4 Å². The molecule has 7 N–H and O–H groups in total. The standard InChI is InChI=1S/C6H8O7.C6H14O3/c7-3(8)1-6(13,5(11)12)2-4(9)10;7-3-1-2-6(4-8)5-9/h13H,1-2H2,(H,7,8)(H,9,10)(H,11,12);6-9H,1-5H2. The zero-order valence-electron chi connectivity index (χ0n) is 11.9. The van der Waals surface area contributed by atoms with Crippen molar-refractivity contribution in [2.24, 2.45) is 5.92 Å². The highest BCUT2D eigenvalue weighted by Gasteiger charge is 2.40. The van der Waals surface area contributed by atoms with E-state index >= 15 is 0 Å². The first-order valence-corrected chi connectivity index (χ1v) is 6.34. The molecule has 0 saturated heterocycles. The summed E-state index contributed by atoms with van der Waals surface area (Å²) in [6.07, 6.45) is -0.932. The van der Waals surface area contributed by atoms with Gasteiger partial charge in [0, 0.05) is 25.7 Å². The molecule has 10 heteroatoms. The summed E-state index contributed by atoms with van der Waals surface area (Å²) in [5, 5.41) is 59.2. The van der Waals surface area contributed by atoms with Crippen LogP contribution < -0.4 is 0 Å².